The van der Waals surface area contributed by atoms with Gasteiger partial charge < -0.3 is 14.8 Å². The van der Waals surface area contributed by atoms with Gasteiger partial charge in [0.2, 0.25) is 6.79 Å². The van der Waals surface area contributed by atoms with E-state index in [0.29, 0.717) is 11.1 Å². The van der Waals surface area contributed by atoms with Gasteiger partial charge in [-0.3, -0.25) is 9.88 Å². The Bertz CT molecular complexity index is 854. The Balaban J connectivity index is 1.64. The highest BCUT2D eigenvalue weighted by atomic mass is 35.5. The van der Waals surface area contributed by atoms with Crippen molar-refractivity contribution in [3.8, 4) is 11.5 Å². The summed E-state index contributed by atoms with van der Waals surface area (Å²) in [7, 11) is 0. The molecule has 1 N–H and O–H groups in total. The molecule has 0 amide bonds. The van der Waals surface area contributed by atoms with E-state index >= 15 is 0 Å². The van der Waals surface area contributed by atoms with Crippen LogP contribution in [0.5, 0.6) is 11.5 Å². The number of hydrogen-bond acceptors (Lipinski definition) is 5. The van der Waals surface area contributed by atoms with Crippen LogP contribution < -0.4 is 14.8 Å². The Morgan fingerprint density at radius 3 is 2.41 bits per heavy atom. The molecule has 2 aliphatic rings. The topological polar surface area (TPSA) is 46.6 Å². The van der Waals surface area contributed by atoms with Crippen molar-refractivity contribution in [2.75, 3.05) is 6.79 Å². The first kappa shape index (κ1) is 20.5. The summed E-state index contributed by atoms with van der Waals surface area (Å²) in [5, 5.41) is 4.50. The predicted octanol–water partition coefficient (Wildman–Crippen LogP) is 4.78. The SMILES string of the molecule is CC1(C)CC(N(Cc2ccccn2)Cc2cc3c(cc2Cl)OCO3)CC(C)(C)N1. The van der Waals surface area contributed by atoms with E-state index in [4.69, 9.17) is 21.1 Å². The maximum absolute atomic E-state index is 6.62. The van der Waals surface area contributed by atoms with E-state index < -0.39 is 0 Å². The van der Waals surface area contributed by atoms with E-state index in [1.54, 1.807) is 0 Å². The number of pyridine rings is 1. The number of ether oxygens (including phenoxy) is 2. The summed E-state index contributed by atoms with van der Waals surface area (Å²) < 4.78 is 11.1. The normalized spacial score (nSPS) is 20.2. The van der Waals surface area contributed by atoms with Gasteiger partial charge >= 0.3 is 0 Å². The molecule has 2 aliphatic heterocycles. The molecule has 0 bridgehead atoms. The lowest BCUT2D eigenvalue weighted by Crippen LogP contribution is -2.62. The highest BCUT2D eigenvalue weighted by Crippen LogP contribution is 2.39. The summed E-state index contributed by atoms with van der Waals surface area (Å²) >= 11 is 6.62. The summed E-state index contributed by atoms with van der Waals surface area (Å²) in [5.41, 5.74) is 2.25. The molecule has 0 radical (unpaired) electrons. The Labute approximate surface area is 178 Å². The number of halogens is 1. The zero-order chi connectivity index (χ0) is 20.6. The van der Waals surface area contributed by atoms with Gasteiger partial charge in [0.15, 0.2) is 11.5 Å². The Morgan fingerprint density at radius 1 is 1.07 bits per heavy atom. The third-order valence-corrected chi connectivity index (χ3v) is 6.04. The first-order valence-electron chi connectivity index (χ1n) is 10.2. The molecule has 6 heteroatoms. The average Bonchev–Trinajstić information content (AvgIpc) is 3.06. The number of hydrogen-bond donors (Lipinski definition) is 1. The number of aromatic nitrogens is 1. The van der Waals surface area contributed by atoms with Crippen LogP contribution in [-0.2, 0) is 13.1 Å². The van der Waals surface area contributed by atoms with Crippen molar-refractivity contribution in [3.63, 3.8) is 0 Å². The van der Waals surface area contributed by atoms with Crippen LogP contribution in [0.2, 0.25) is 5.02 Å². The fourth-order valence-corrected chi connectivity index (χ4v) is 5.05. The van der Waals surface area contributed by atoms with E-state index in [-0.39, 0.29) is 17.9 Å². The Morgan fingerprint density at radius 2 is 1.76 bits per heavy atom. The van der Waals surface area contributed by atoms with Crippen LogP contribution in [0.25, 0.3) is 0 Å². The van der Waals surface area contributed by atoms with Crippen molar-refractivity contribution in [2.45, 2.75) is 70.7 Å². The molecule has 1 aromatic carbocycles. The number of nitrogens with one attached hydrogen (secondary N) is 1. The van der Waals surface area contributed by atoms with E-state index in [2.05, 4.69) is 49.0 Å². The third kappa shape index (κ3) is 4.85. The van der Waals surface area contributed by atoms with E-state index in [9.17, 15) is 0 Å². The highest BCUT2D eigenvalue weighted by molar-refractivity contribution is 6.31. The lowest BCUT2D eigenvalue weighted by Gasteiger charge is -2.49. The van der Waals surface area contributed by atoms with Crippen LogP contribution in [0, 0.1) is 0 Å². The standard InChI is InChI=1S/C23H30ClN3O2/c1-22(2)11-18(12-23(3,4)26-22)27(14-17-7-5-6-8-25-17)13-16-9-20-21(10-19(16)24)29-15-28-20/h5-10,18,26H,11-15H2,1-4H3. The number of fused-ring (bicyclic) bond motifs is 1. The van der Waals surface area contributed by atoms with Gasteiger partial charge in [-0.05, 0) is 64.3 Å². The molecule has 4 rings (SSSR count). The number of rotatable bonds is 5. The third-order valence-electron chi connectivity index (χ3n) is 5.69. The maximum atomic E-state index is 6.62. The van der Waals surface area contributed by atoms with Crippen LogP contribution in [0.3, 0.4) is 0 Å². The molecule has 0 aliphatic carbocycles. The molecule has 156 valence electrons. The Hall–Kier alpha value is -1.82. The van der Waals surface area contributed by atoms with Crippen molar-refractivity contribution in [3.05, 3.63) is 52.8 Å². The van der Waals surface area contributed by atoms with Gasteiger partial charge in [0.25, 0.3) is 0 Å². The molecule has 0 unspecified atom stereocenters. The van der Waals surface area contributed by atoms with Crippen molar-refractivity contribution in [1.29, 1.82) is 0 Å². The van der Waals surface area contributed by atoms with Crippen molar-refractivity contribution < 1.29 is 9.47 Å². The molecule has 1 aromatic heterocycles. The summed E-state index contributed by atoms with van der Waals surface area (Å²) in [6.45, 7) is 10.9. The van der Waals surface area contributed by atoms with E-state index in [0.717, 1.165) is 48.7 Å². The second kappa shape index (κ2) is 7.78. The lowest BCUT2D eigenvalue weighted by molar-refractivity contribution is 0.0556. The summed E-state index contributed by atoms with van der Waals surface area (Å²) in [6, 6.07) is 10.4. The second-order valence-electron chi connectivity index (χ2n) is 9.48. The van der Waals surface area contributed by atoms with Gasteiger partial charge in [-0.1, -0.05) is 17.7 Å². The van der Waals surface area contributed by atoms with Crippen LogP contribution in [-0.4, -0.2) is 33.8 Å². The van der Waals surface area contributed by atoms with E-state index in [1.165, 1.54) is 0 Å². The molecule has 3 heterocycles. The fourth-order valence-electron chi connectivity index (χ4n) is 4.84. The molecule has 0 atom stereocenters. The molecule has 1 saturated heterocycles. The highest BCUT2D eigenvalue weighted by Gasteiger charge is 2.40. The molecule has 29 heavy (non-hydrogen) atoms. The number of benzene rings is 1. The fraction of sp³-hybridized carbons (Fsp3) is 0.522. The largest absolute Gasteiger partial charge is 0.454 e. The first-order chi connectivity index (χ1) is 13.7. The van der Waals surface area contributed by atoms with Crippen molar-refractivity contribution in [2.24, 2.45) is 0 Å². The number of piperidine rings is 1. The van der Waals surface area contributed by atoms with Gasteiger partial charge in [-0.15, -0.1) is 0 Å². The zero-order valence-corrected chi connectivity index (χ0v) is 18.4. The summed E-state index contributed by atoms with van der Waals surface area (Å²) in [6.07, 6.45) is 3.98. The predicted molar refractivity (Wildman–Crippen MR) is 115 cm³/mol. The molecular weight excluding hydrogens is 386 g/mol. The minimum absolute atomic E-state index is 0.0630. The Kier molecular flexibility index (Phi) is 5.49. The minimum Gasteiger partial charge on any atom is -0.454 e. The van der Waals surface area contributed by atoms with Crippen molar-refractivity contribution >= 4 is 11.6 Å². The maximum Gasteiger partial charge on any atom is 0.231 e. The molecule has 2 aromatic rings. The van der Waals surface area contributed by atoms with Crippen LogP contribution in [0.4, 0.5) is 0 Å². The van der Waals surface area contributed by atoms with Gasteiger partial charge in [0.1, 0.15) is 0 Å². The first-order valence-corrected chi connectivity index (χ1v) is 10.6. The summed E-state index contributed by atoms with van der Waals surface area (Å²) in [4.78, 5) is 7.08. The molecule has 0 spiro atoms. The average molecular weight is 416 g/mol. The smallest absolute Gasteiger partial charge is 0.231 e. The number of nitrogens with zero attached hydrogens (tertiary/aromatic N) is 2. The van der Waals surface area contributed by atoms with Crippen LogP contribution >= 0.6 is 11.6 Å². The monoisotopic (exact) mass is 415 g/mol. The van der Waals surface area contributed by atoms with Gasteiger partial charge in [0.05, 0.1) is 5.69 Å². The van der Waals surface area contributed by atoms with Gasteiger partial charge in [-0.25, -0.2) is 0 Å². The summed E-state index contributed by atoms with van der Waals surface area (Å²) in [5.74, 6) is 1.49. The van der Waals surface area contributed by atoms with Crippen molar-refractivity contribution in [1.82, 2.24) is 15.2 Å². The zero-order valence-electron chi connectivity index (χ0n) is 17.7. The molecular formula is C23H30ClN3O2. The molecule has 0 saturated carbocycles. The molecule has 1 fully saturated rings. The van der Waals surface area contributed by atoms with Gasteiger partial charge in [-0.2, -0.15) is 0 Å². The lowest BCUT2D eigenvalue weighted by atomic mass is 9.79. The van der Waals surface area contributed by atoms with Crippen LogP contribution in [0.1, 0.15) is 51.8 Å². The van der Waals surface area contributed by atoms with Crippen LogP contribution in [0.15, 0.2) is 36.5 Å². The quantitative estimate of drug-likeness (QED) is 0.761. The second-order valence-corrected chi connectivity index (χ2v) is 9.88. The molecule has 5 nitrogen and oxygen atoms in total. The minimum atomic E-state index is 0.0630. The van der Waals surface area contributed by atoms with E-state index in [1.807, 2.05) is 30.5 Å². The van der Waals surface area contributed by atoms with Gasteiger partial charge in [0, 0.05) is 47.5 Å².